The van der Waals surface area contributed by atoms with E-state index in [1.807, 2.05) is 0 Å². The molecule has 0 saturated carbocycles. The van der Waals surface area contributed by atoms with Crippen LogP contribution in [0.3, 0.4) is 0 Å². The van der Waals surface area contributed by atoms with E-state index in [1.54, 1.807) is 37.7 Å². The molecule has 2 aromatic rings. The van der Waals surface area contributed by atoms with E-state index in [0.29, 0.717) is 11.3 Å². The van der Waals surface area contributed by atoms with Gasteiger partial charge in [0.05, 0.1) is 21.3 Å². The van der Waals surface area contributed by atoms with Gasteiger partial charge in [-0.15, -0.1) is 0 Å². The molecule has 0 N–H and O–H groups in total. The first kappa shape index (κ1) is 13.0. The van der Waals surface area contributed by atoms with Crippen molar-refractivity contribution in [2.45, 2.75) is 13.8 Å². The van der Waals surface area contributed by atoms with Crippen LogP contribution in [0.5, 0.6) is 0 Å². The van der Waals surface area contributed by atoms with Crippen LogP contribution in [0.2, 0.25) is 0 Å². The highest BCUT2D eigenvalue weighted by atomic mass is 79.9. The van der Waals surface area contributed by atoms with Gasteiger partial charge in [-0.25, -0.2) is 4.39 Å². The van der Waals surface area contributed by atoms with Gasteiger partial charge in [0.2, 0.25) is 0 Å². The Hall–Kier alpha value is -1.49. The van der Waals surface area contributed by atoms with E-state index in [2.05, 4.69) is 21.0 Å². The molecule has 1 aromatic carbocycles. The van der Waals surface area contributed by atoms with Gasteiger partial charge in [-0.05, 0) is 41.9 Å². The number of aryl methyl sites for hydroxylation is 2. The second-order valence-corrected chi connectivity index (χ2v) is 4.95. The van der Waals surface area contributed by atoms with E-state index >= 15 is 0 Å². The molecular formula is C13H12BrFN2O. The Morgan fingerprint density at radius 2 is 2.06 bits per heavy atom. The molecule has 0 spiro atoms. The van der Waals surface area contributed by atoms with Gasteiger partial charge < -0.3 is 0 Å². The summed E-state index contributed by atoms with van der Waals surface area (Å²) in [5.74, 6) is -0.873. The number of hydrogen-bond acceptors (Lipinski definition) is 2. The van der Waals surface area contributed by atoms with E-state index in [-0.39, 0.29) is 15.8 Å². The molecular weight excluding hydrogens is 299 g/mol. The fraction of sp³-hybridized carbons (Fsp3) is 0.231. The normalized spacial score (nSPS) is 10.7. The van der Waals surface area contributed by atoms with Crippen molar-refractivity contribution >= 4 is 21.7 Å². The average Bonchev–Trinajstić information content (AvgIpc) is 2.56. The summed E-state index contributed by atoms with van der Waals surface area (Å²) in [6, 6.07) is 4.69. The van der Waals surface area contributed by atoms with E-state index in [9.17, 15) is 9.18 Å². The first-order valence-electron chi connectivity index (χ1n) is 5.42. The van der Waals surface area contributed by atoms with Crippen molar-refractivity contribution in [3.8, 4) is 0 Å². The second kappa shape index (κ2) is 4.65. The van der Waals surface area contributed by atoms with Crippen molar-refractivity contribution in [1.29, 1.82) is 0 Å². The Labute approximate surface area is 113 Å². The molecule has 0 fully saturated rings. The van der Waals surface area contributed by atoms with Crippen molar-refractivity contribution < 1.29 is 9.18 Å². The number of rotatable bonds is 2. The van der Waals surface area contributed by atoms with Crippen molar-refractivity contribution in [2.75, 3.05) is 0 Å². The highest BCUT2D eigenvalue weighted by Gasteiger charge is 2.22. The summed E-state index contributed by atoms with van der Waals surface area (Å²) in [5.41, 5.74) is 1.87. The quantitative estimate of drug-likeness (QED) is 0.799. The topological polar surface area (TPSA) is 34.9 Å². The van der Waals surface area contributed by atoms with E-state index in [4.69, 9.17) is 0 Å². The lowest BCUT2D eigenvalue weighted by atomic mass is 10.0. The van der Waals surface area contributed by atoms with Gasteiger partial charge in [-0.3, -0.25) is 9.48 Å². The maximum atomic E-state index is 13.9. The largest absolute Gasteiger partial charge is 0.288 e. The highest BCUT2D eigenvalue weighted by Crippen LogP contribution is 2.23. The van der Waals surface area contributed by atoms with E-state index < -0.39 is 5.82 Å². The standard InChI is InChI=1S/C13H12BrFN2O/c1-7-11(8(2)17(3)16-7)13(18)9-5-4-6-10(14)12(9)15/h4-6H,1-3H3. The van der Waals surface area contributed by atoms with E-state index in [1.165, 1.54) is 6.07 Å². The summed E-state index contributed by atoms with van der Waals surface area (Å²) in [4.78, 5) is 12.4. The minimum atomic E-state index is -0.537. The van der Waals surface area contributed by atoms with Gasteiger partial charge >= 0.3 is 0 Å². The lowest BCUT2D eigenvalue weighted by Crippen LogP contribution is -2.07. The molecule has 94 valence electrons. The number of halogens is 2. The van der Waals surface area contributed by atoms with Crippen molar-refractivity contribution in [2.24, 2.45) is 7.05 Å². The molecule has 2 rings (SSSR count). The first-order valence-corrected chi connectivity index (χ1v) is 6.21. The number of ketones is 1. The zero-order chi connectivity index (χ0) is 13.4. The van der Waals surface area contributed by atoms with Gasteiger partial charge in [0, 0.05) is 12.7 Å². The van der Waals surface area contributed by atoms with Crippen molar-refractivity contribution in [1.82, 2.24) is 9.78 Å². The van der Waals surface area contributed by atoms with Crippen LogP contribution in [0.4, 0.5) is 4.39 Å². The molecule has 0 radical (unpaired) electrons. The molecule has 0 aliphatic carbocycles. The zero-order valence-electron chi connectivity index (χ0n) is 10.3. The molecule has 0 amide bonds. The molecule has 1 aromatic heterocycles. The van der Waals surface area contributed by atoms with Crippen LogP contribution in [-0.4, -0.2) is 15.6 Å². The first-order chi connectivity index (χ1) is 8.43. The Kier molecular flexibility index (Phi) is 3.34. The van der Waals surface area contributed by atoms with Crippen LogP contribution in [0, 0.1) is 19.7 Å². The number of nitrogens with zero attached hydrogens (tertiary/aromatic N) is 2. The number of carbonyl (C=O) groups is 1. The van der Waals surface area contributed by atoms with Crippen LogP contribution in [0.25, 0.3) is 0 Å². The summed E-state index contributed by atoms with van der Waals surface area (Å²) in [7, 11) is 1.76. The molecule has 0 aliphatic heterocycles. The third kappa shape index (κ3) is 1.99. The van der Waals surface area contributed by atoms with Crippen LogP contribution in [-0.2, 0) is 7.05 Å². The predicted octanol–water partition coefficient (Wildman–Crippen LogP) is 3.17. The summed E-state index contributed by atoms with van der Waals surface area (Å²) in [6.07, 6.45) is 0. The van der Waals surface area contributed by atoms with Crippen molar-refractivity contribution in [3.05, 3.63) is 51.0 Å². The van der Waals surface area contributed by atoms with E-state index in [0.717, 1.165) is 5.69 Å². The van der Waals surface area contributed by atoms with Gasteiger partial charge in [0.25, 0.3) is 0 Å². The van der Waals surface area contributed by atoms with Gasteiger partial charge in [0.15, 0.2) is 5.78 Å². The maximum Gasteiger partial charge on any atom is 0.199 e. The molecule has 5 heteroatoms. The van der Waals surface area contributed by atoms with Crippen LogP contribution < -0.4 is 0 Å². The zero-order valence-corrected chi connectivity index (χ0v) is 11.9. The third-order valence-corrected chi connectivity index (χ3v) is 3.54. The number of benzene rings is 1. The average molecular weight is 311 g/mol. The summed E-state index contributed by atoms with van der Waals surface area (Å²) in [5, 5.41) is 4.17. The Balaban J connectivity index is 2.58. The molecule has 1 heterocycles. The van der Waals surface area contributed by atoms with Gasteiger partial charge in [0.1, 0.15) is 5.82 Å². The monoisotopic (exact) mass is 310 g/mol. The van der Waals surface area contributed by atoms with Crippen molar-refractivity contribution in [3.63, 3.8) is 0 Å². The maximum absolute atomic E-state index is 13.9. The number of aromatic nitrogens is 2. The van der Waals surface area contributed by atoms with Gasteiger partial charge in [-0.1, -0.05) is 6.07 Å². The molecule has 0 unspecified atom stereocenters. The molecule has 18 heavy (non-hydrogen) atoms. The molecule has 0 aliphatic rings. The summed E-state index contributed by atoms with van der Waals surface area (Å²) in [6.45, 7) is 3.54. The van der Waals surface area contributed by atoms with Gasteiger partial charge in [-0.2, -0.15) is 5.10 Å². The molecule has 0 saturated heterocycles. The fourth-order valence-electron chi connectivity index (χ4n) is 1.92. The molecule has 0 atom stereocenters. The molecule has 3 nitrogen and oxygen atoms in total. The minimum Gasteiger partial charge on any atom is -0.288 e. The molecule has 0 bridgehead atoms. The minimum absolute atomic E-state index is 0.0589. The summed E-state index contributed by atoms with van der Waals surface area (Å²) < 4.78 is 15.8. The van der Waals surface area contributed by atoms with Crippen LogP contribution in [0.15, 0.2) is 22.7 Å². The van der Waals surface area contributed by atoms with Crippen LogP contribution in [0.1, 0.15) is 27.3 Å². The fourth-order valence-corrected chi connectivity index (χ4v) is 2.28. The Bertz CT molecular complexity index is 634. The smallest absolute Gasteiger partial charge is 0.199 e. The Morgan fingerprint density at radius 1 is 1.39 bits per heavy atom. The summed E-state index contributed by atoms with van der Waals surface area (Å²) >= 11 is 3.08. The SMILES string of the molecule is Cc1nn(C)c(C)c1C(=O)c1cccc(Br)c1F. The number of carbonyl (C=O) groups excluding carboxylic acids is 1. The third-order valence-electron chi connectivity index (χ3n) is 2.93. The number of hydrogen-bond donors (Lipinski definition) is 0. The predicted molar refractivity (Wildman–Crippen MR) is 70.2 cm³/mol. The Morgan fingerprint density at radius 3 is 2.61 bits per heavy atom. The van der Waals surface area contributed by atoms with Crippen LogP contribution >= 0.6 is 15.9 Å². The highest BCUT2D eigenvalue weighted by molar-refractivity contribution is 9.10. The lowest BCUT2D eigenvalue weighted by Gasteiger charge is -2.04. The second-order valence-electron chi connectivity index (χ2n) is 4.10. The lowest BCUT2D eigenvalue weighted by molar-refractivity contribution is 0.103.